The Kier molecular flexibility index (Phi) is 3.57. The zero-order chi connectivity index (χ0) is 18.4. The van der Waals surface area contributed by atoms with E-state index in [9.17, 15) is 4.79 Å². The van der Waals surface area contributed by atoms with Gasteiger partial charge in [0.05, 0.1) is 23.6 Å². The number of nitrogens with zero attached hydrogens (tertiary/aromatic N) is 7. The van der Waals surface area contributed by atoms with Gasteiger partial charge in [-0.3, -0.25) is 14.2 Å². The van der Waals surface area contributed by atoms with Crippen LogP contribution in [0.4, 0.5) is 0 Å². The number of amides is 1. The number of primary amides is 1. The third kappa shape index (κ3) is 2.44. The van der Waals surface area contributed by atoms with Crippen molar-refractivity contribution in [2.24, 2.45) is 19.8 Å². The molecule has 2 N–H and O–H groups in total. The molecule has 26 heavy (non-hydrogen) atoms. The first-order valence-corrected chi connectivity index (χ1v) is 8.17. The minimum Gasteiger partial charge on any atom is -0.364 e. The van der Waals surface area contributed by atoms with Crippen LogP contribution in [0.1, 0.15) is 17.4 Å². The van der Waals surface area contributed by atoms with Crippen LogP contribution in [0.15, 0.2) is 30.9 Å². The largest absolute Gasteiger partial charge is 0.364 e. The number of nitrogens with two attached hydrogens (primary N) is 1. The summed E-state index contributed by atoms with van der Waals surface area (Å²) in [6, 6.07) is 1.64. The smallest absolute Gasteiger partial charge is 0.267 e. The van der Waals surface area contributed by atoms with E-state index in [1.54, 1.807) is 30.2 Å². The molecule has 0 saturated heterocycles. The summed E-state index contributed by atoms with van der Waals surface area (Å²) in [6.07, 6.45) is 7.35. The molecule has 0 bridgehead atoms. The number of pyridine rings is 1. The minimum atomic E-state index is -0.590. The highest BCUT2D eigenvalue weighted by atomic mass is 16.1. The molecule has 1 amide bonds. The highest BCUT2D eigenvalue weighted by Crippen LogP contribution is 2.29. The predicted octanol–water partition coefficient (Wildman–Crippen LogP) is 1.35. The van der Waals surface area contributed by atoms with Gasteiger partial charge in [-0.2, -0.15) is 10.2 Å². The number of aryl methyl sites for hydroxylation is 3. The van der Waals surface area contributed by atoms with Crippen LogP contribution in [0, 0.1) is 0 Å². The number of imidazole rings is 1. The highest BCUT2D eigenvalue weighted by Gasteiger charge is 2.19. The van der Waals surface area contributed by atoms with Crippen LogP contribution >= 0.6 is 0 Å². The molecular weight excluding hydrogens is 332 g/mol. The van der Waals surface area contributed by atoms with Gasteiger partial charge in [0.2, 0.25) is 0 Å². The number of aromatic nitrogens is 7. The summed E-state index contributed by atoms with van der Waals surface area (Å²) in [5, 5.41) is 9.36. The normalized spacial score (nSPS) is 11.3. The topological polar surface area (TPSA) is 109 Å². The summed E-state index contributed by atoms with van der Waals surface area (Å²) in [7, 11) is 3.69. The van der Waals surface area contributed by atoms with Crippen molar-refractivity contribution in [1.82, 2.24) is 34.1 Å². The third-order valence-electron chi connectivity index (χ3n) is 4.34. The summed E-state index contributed by atoms with van der Waals surface area (Å²) in [5.41, 5.74) is 8.68. The van der Waals surface area contributed by atoms with Crippen molar-refractivity contribution in [3.05, 3.63) is 36.5 Å². The number of hydrogen-bond donors (Lipinski definition) is 1. The molecular formula is C17H18N8O. The second kappa shape index (κ2) is 5.80. The van der Waals surface area contributed by atoms with Gasteiger partial charge in [-0.15, -0.1) is 0 Å². The summed E-state index contributed by atoms with van der Waals surface area (Å²) in [5.74, 6) is 0.0401. The quantitative estimate of drug-likeness (QED) is 0.597. The van der Waals surface area contributed by atoms with Gasteiger partial charge >= 0.3 is 0 Å². The van der Waals surface area contributed by atoms with Crippen molar-refractivity contribution >= 4 is 16.8 Å². The van der Waals surface area contributed by atoms with Gasteiger partial charge in [0, 0.05) is 44.0 Å². The van der Waals surface area contributed by atoms with Gasteiger partial charge < -0.3 is 10.3 Å². The highest BCUT2D eigenvalue weighted by molar-refractivity contribution is 5.99. The van der Waals surface area contributed by atoms with Gasteiger partial charge in [0.15, 0.2) is 5.82 Å². The minimum absolute atomic E-state index is 0.180. The number of carbonyl (C=O) groups excluding carboxylic acids is 1. The molecule has 4 aromatic rings. The maximum atomic E-state index is 11.7. The Morgan fingerprint density at radius 1 is 1.15 bits per heavy atom. The maximum absolute atomic E-state index is 11.7. The van der Waals surface area contributed by atoms with Gasteiger partial charge in [-0.25, -0.2) is 9.97 Å². The van der Waals surface area contributed by atoms with Crippen molar-refractivity contribution in [3.8, 4) is 22.8 Å². The van der Waals surface area contributed by atoms with Gasteiger partial charge in [0.25, 0.3) is 5.91 Å². The zero-order valence-corrected chi connectivity index (χ0v) is 14.7. The first-order chi connectivity index (χ1) is 12.5. The molecule has 4 rings (SSSR count). The Morgan fingerprint density at radius 2 is 1.96 bits per heavy atom. The fourth-order valence-electron chi connectivity index (χ4n) is 2.93. The molecule has 9 heteroatoms. The molecule has 0 spiro atoms. The summed E-state index contributed by atoms with van der Waals surface area (Å²) < 4.78 is 5.40. The lowest BCUT2D eigenvalue weighted by molar-refractivity contribution is 0.0996. The van der Waals surface area contributed by atoms with E-state index >= 15 is 0 Å². The van der Waals surface area contributed by atoms with E-state index in [0.29, 0.717) is 11.5 Å². The average Bonchev–Trinajstić information content (AvgIpc) is 3.33. The first-order valence-electron chi connectivity index (χ1n) is 8.17. The number of hydrogen-bond acceptors (Lipinski definition) is 5. The molecule has 4 aromatic heterocycles. The van der Waals surface area contributed by atoms with Gasteiger partial charge in [-0.05, 0) is 13.0 Å². The summed E-state index contributed by atoms with van der Waals surface area (Å²) >= 11 is 0. The Bertz CT molecular complexity index is 1130. The van der Waals surface area contributed by atoms with Crippen molar-refractivity contribution in [2.75, 3.05) is 0 Å². The molecule has 0 aromatic carbocycles. The Morgan fingerprint density at radius 3 is 2.65 bits per heavy atom. The number of fused-ring (bicyclic) bond motifs is 1. The van der Waals surface area contributed by atoms with E-state index in [1.807, 2.05) is 35.6 Å². The number of carbonyl (C=O) groups is 1. The van der Waals surface area contributed by atoms with E-state index in [0.717, 1.165) is 28.7 Å². The fourth-order valence-corrected chi connectivity index (χ4v) is 2.93. The lowest BCUT2D eigenvalue weighted by Crippen LogP contribution is -2.14. The van der Waals surface area contributed by atoms with Crippen LogP contribution in [-0.2, 0) is 20.6 Å². The standard InChI is InChI=1S/C17H18N8O/c1-4-25-8-10(6-20-25)13-9-23(2)17(22-13)15-11-7-19-24(3)14(11)5-12(21-15)16(18)26/h5-9H,4H2,1-3H3,(H2,18,26). The Hall–Kier alpha value is -3.49. The molecule has 0 aliphatic carbocycles. The van der Waals surface area contributed by atoms with Crippen molar-refractivity contribution in [3.63, 3.8) is 0 Å². The van der Waals surface area contributed by atoms with Crippen molar-refractivity contribution in [2.45, 2.75) is 13.5 Å². The van der Waals surface area contributed by atoms with Crippen LogP contribution in [0.25, 0.3) is 33.7 Å². The van der Waals surface area contributed by atoms with Crippen LogP contribution in [-0.4, -0.2) is 40.0 Å². The van der Waals surface area contributed by atoms with Gasteiger partial charge in [0.1, 0.15) is 11.4 Å². The molecule has 132 valence electrons. The van der Waals surface area contributed by atoms with Crippen LogP contribution < -0.4 is 5.73 Å². The van der Waals surface area contributed by atoms with Crippen molar-refractivity contribution < 1.29 is 4.79 Å². The summed E-state index contributed by atoms with van der Waals surface area (Å²) in [4.78, 5) is 20.9. The Labute approximate surface area is 149 Å². The third-order valence-corrected chi connectivity index (χ3v) is 4.34. The second-order valence-electron chi connectivity index (χ2n) is 6.07. The van der Waals surface area contributed by atoms with Gasteiger partial charge in [-0.1, -0.05) is 0 Å². The molecule has 0 aliphatic heterocycles. The van der Waals surface area contributed by atoms with Crippen molar-refractivity contribution in [1.29, 1.82) is 0 Å². The molecule has 0 aliphatic rings. The van der Waals surface area contributed by atoms with E-state index in [1.165, 1.54) is 0 Å². The van der Waals surface area contributed by atoms with Crippen LogP contribution in [0.5, 0.6) is 0 Å². The maximum Gasteiger partial charge on any atom is 0.267 e. The molecule has 9 nitrogen and oxygen atoms in total. The lowest BCUT2D eigenvalue weighted by Gasteiger charge is -2.05. The summed E-state index contributed by atoms with van der Waals surface area (Å²) in [6.45, 7) is 2.82. The molecule has 0 atom stereocenters. The first kappa shape index (κ1) is 16.0. The van der Waals surface area contributed by atoms with E-state index in [-0.39, 0.29) is 5.69 Å². The van der Waals surface area contributed by atoms with Crippen LogP contribution in [0.3, 0.4) is 0 Å². The molecule has 0 unspecified atom stereocenters. The van der Waals surface area contributed by atoms with E-state index in [4.69, 9.17) is 10.7 Å². The lowest BCUT2D eigenvalue weighted by atomic mass is 10.2. The predicted molar refractivity (Wildman–Crippen MR) is 96.1 cm³/mol. The molecule has 0 radical (unpaired) electrons. The Balaban J connectivity index is 1.91. The fraction of sp³-hybridized carbons (Fsp3) is 0.235. The molecule has 0 fully saturated rings. The number of rotatable bonds is 4. The molecule has 4 heterocycles. The van der Waals surface area contributed by atoms with E-state index < -0.39 is 5.91 Å². The second-order valence-corrected chi connectivity index (χ2v) is 6.07. The average molecular weight is 350 g/mol. The van der Waals surface area contributed by atoms with E-state index in [2.05, 4.69) is 15.2 Å². The van der Waals surface area contributed by atoms with Crippen LogP contribution in [0.2, 0.25) is 0 Å². The SMILES string of the molecule is CCn1cc(-c2cn(C)c(-c3nc(C(N)=O)cc4c3cnn4C)n2)cn1. The monoisotopic (exact) mass is 350 g/mol. The zero-order valence-electron chi connectivity index (χ0n) is 14.7. The molecule has 0 saturated carbocycles.